The first-order chi connectivity index (χ1) is 9.66. The van der Waals surface area contributed by atoms with Crippen LogP contribution in [-0.4, -0.2) is 41.0 Å². The van der Waals surface area contributed by atoms with Crippen molar-refractivity contribution in [1.29, 1.82) is 0 Å². The van der Waals surface area contributed by atoms with Gasteiger partial charge in [0.15, 0.2) is 5.03 Å². The van der Waals surface area contributed by atoms with Crippen LogP contribution in [0.5, 0.6) is 0 Å². The predicted octanol–water partition coefficient (Wildman–Crippen LogP) is 1.78. The van der Waals surface area contributed by atoms with Crippen molar-refractivity contribution >= 4 is 10.0 Å². The molecular formula is C14H26N4O2S. The van der Waals surface area contributed by atoms with Gasteiger partial charge >= 0.3 is 0 Å². The number of aromatic nitrogens is 2. The Morgan fingerprint density at radius 1 is 1.43 bits per heavy atom. The molecule has 7 heteroatoms. The van der Waals surface area contributed by atoms with E-state index in [2.05, 4.69) is 15.5 Å². The predicted molar refractivity (Wildman–Crippen MR) is 82.5 cm³/mol. The van der Waals surface area contributed by atoms with Crippen molar-refractivity contribution in [3.63, 3.8) is 0 Å². The van der Waals surface area contributed by atoms with E-state index in [0.717, 1.165) is 24.1 Å². The standard InChI is InChI=1S/C14H26N4O2S/c1-10(2)15-9-12-11(3)16-17-13(12)21(19,20)18-8-6-7-14(18,4)5/h10,15H,6-9H2,1-5H3,(H,16,17). The van der Waals surface area contributed by atoms with Crippen LogP contribution in [0.15, 0.2) is 5.03 Å². The summed E-state index contributed by atoms with van der Waals surface area (Å²) >= 11 is 0. The van der Waals surface area contributed by atoms with Crippen molar-refractivity contribution in [3.05, 3.63) is 11.3 Å². The fraction of sp³-hybridized carbons (Fsp3) is 0.786. The zero-order valence-electron chi connectivity index (χ0n) is 13.5. The Kier molecular flexibility index (Phi) is 4.46. The van der Waals surface area contributed by atoms with Gasteiger partial charge in [-0.05, 0) is 33.6 Å². The van der Waals surface area contributed by atoms with Crippen LogP contribution < -0.4 is 5.32 Å². The van der Waals surface area contributed by atoms with Crippen molar-refractivity contribution in [1.82, 2.24) is 19.8 Å². The molecule has 2 N–H and O–H groups in total. The lowest BCUT2D eigenvalue weighted by Gasteiger charge is -2.30. The first kappa shape index (κ1) is 16.5. The Morgan fingerprint density at radius 3 is 2.62 bits per heavy atom. The molecule has 0 radical (unpaired) electrons. The minimum absolute atomic E-state index is 0.170. The summed E-state index contributed by atoms with van der Waals surface area (Å²) in [6.07, 6.45) is 1.78. The highest BCUT2D eigenvalue weighted by atomic mass is 32.2. The molecule has 1 fully saturated rings. The maximum absolute atomic E-state index is 12.9. The number of nitrogens with one attached hydrogen (secondary N) is 2. The number of sulfonamides is 1. The molecule has 0 aromatic carbocycles. The summed E-state index contributed by atoms with van der Waals surface area (Å²) in [6, 6.07) is 0.290. The topological polar surface area (TPSA) is 78.1 Å². The molecule has 1 saturated heterocycles. The second-order valence-electron chi connectivity index (χ2n) is 6.66. The van der Waals surface area contributed by atoms with Gasteiger partial charge in [0, 0.05) is 35.9 Å². The van der Waals surface area contributed by atoms with Crippen LogP contribution in [0.2, 0.25) is 0 Å². The van der Waals surface area contributed by atoms with Gasteiger partial charge in [-0.3, -0.25) is 5.10 Å². The summed E-state index contributed by atoms with van der Waals surface area (Å²) in [6.45, 7) is 11.0. The van der Waals surface area contributed by atoms with Gasteiger partial charge in [0.2, 0.25) is 0 Å². The van der Waals surface area contributed by atoms with Crippen LogP contribution in [0.25, 0.3) is 0 Å². The van der Waals surface area contributed by atoms with Crippen molar-refractivity contribution in [3.8, 4) is 0 Å². The van der Waals surface area contributed by atoms with Gasteiger partial charge in [0.1, 0.15) is 0 Å². The summed E-state index contributed by atoms with van der Waals surface area (Å²) in [5, 5.41) is 10.3. The Labute approximate surface area is 127 Å². The molecule has 1 aliphatic rings. The molecule has 1 aliphatic heterocycles. The van der Waals surface area contributed by atoms with E-state index in [1.165, 1.54) is 0 Å². The molecule has 0 spiro atoms. The van der Waals surface area contributed by atoms with Gasteiger partial charge in [-0.15, -0.1) is 0 Å². The van der Waals surface area contributed by atoms with Crippen molar-refractivity contribution < 1.29 is 8.42 Å². The van der Waals surface area contributed by atoms with E-state index in [-0.39, 0.29) is 16.6 Å². The summed E-state index contributed by atoms with van der Waals surface area (Å²) < 4.78 is 27.5. The number of hydrogen-bond acceptors (Lipinski definition) is 4. The van der Waals surface area contributed by atoms with E-state index in [1.807, 2.05) is 34.6 Å². The van der Waals surface area contributed by atoms with Crippen LogP contribution in [0, 0.1) is 6.92 Å². The average molecular weight is 314 g/mol. The third-order valence-electron chi connectivity index (χ3n) is 4.08. The summed E-state index contributed by atoms with van der Waals surface area (Å²) in [7, 11) is -3.55. The quantitative estimate of drug-likeness (QED) is 0.868. The Morgan fingerprint density at radius 2 is 2.10 bits per heavy atom. The van der Waals surface area contributed by atoms with Crippen LogP contribution >= 0.6 is 0 Å². The van der Waals surface area contributed by atoms with Gasteiger partial charge in [-0.2, -0.15) is 9.40 Å². The maximum Gasteiger partial charge on any atom is 0.263 e. The lowest BCUT2D eigenvalue weighted by Crippen LogP contribution is -2.43. The van der Waals surface area contributed by atoms with Gasteiger partial charge < -0.3 is 5.32 Å². The molecular weight excluding hydrogens is 288 g/mol. The summed E-state index contributed by atoms with van der Waals surface area (Å²) in [4.78, 5) is 0. The number of aromatic amines is 1. The Bertz CT molecular complexity index is 604. The number of aryl methyl sites for hydroxylation is 1. The summed E-state index contributed by atoms with van der Waals surface area (Å²) in [5.41, 5.74) is 1.21. The third kappa shape index (κ3) is 3.14. The van der Waals surface area contributed by atoms with Crippen molar-refractivity contribution in [2.75, 3.05) is 6.54 Å². The molecule has 21 heavy (non-hydrogen) atoms. The molecule has 0 bridgehead atoms. The molecule has 0 aliphatic carbocycles. The maximum atomic E-state index is 12.9. The Balaban J connectivity index is 2.37. The third-order valence-corrected chi connectivity index (χ3v) is 6.17. The summed E-state index contributed by atoms with van der Waals surface area (Å²) in [5.74, 6) is 0. The Hall–Kier alpha value is -0.920. The largest absolute Gasteiger partial charge is 0.310 e. The molecule has 0 saturated carbocycles. The molecule has 0 atom stereocenters. The molecule has 1 aromatic heterocycles. The van der Waals surface area contributed by atoms with Gasteiger partial charge in [-0.25, -0.2) is 8.42 Å². The fourth-order valence-corrected chi connectivity index (χ4v) is 4.81. The SMILES string of the molecule is Cc1[nH]nc(S(=O)(=O)N2CCCC2(C)C)c1CNC(C)C. The lowest BCUT2D eigenvalue weighted by molar-refractivity contribution is 0.290. The van der Waals surface area contributed by atoms with Crippen LogP contribution in [0.1, 0.15) is 51.8 Å². The zero-order valence-corrected chi connectivity index (χ0v) is 14.3. The highest BCUT2D eigenvalue weighted by Crippen LogP contribution is 2.34. The normalized spacial score (nSPS) is 19.5. The van der Waals surface area contributed by atoms with Gasteiger partial charge in [0.05, 0.1) is 0 Å². The first-order valence-electron chi connectivity index (χ1n) is 7.46. The number of nitrogens with zero attached hydrogens (tertiary/aromatic N) is 2. The van der Waals surface area contributed by atoms with Crippen LogP contribution in [0.4, 0.5) is 0 Å². The molecule has 0 unspecified atom stereocenters. The number of rotatable bonds is 5. The lowest BCUT2D eigenvalue weighted by atomic mass is 10.0. The highest BCUT2D eigenvalue weighted by molar-refractivity contribution is 7.89. The van der Waals surface area contributed by atoms with E-state index in [0.29, 0.717) is 13.1 Å². The molecule has 0 amide bonds. The van der Waals surface area contributed by atoms with Crippen LogP contribution in [0.3, 0.4) is 0 Å². The molecule has 1 aromatic rings. The van der Waals surface area contributed by atoms with E-state index >= 15 is 0 Å². The highest BCUT2D eigenvalue weighted by Gasteiger charge is 2.42. The van der Waals surface area contributed by atoms with E-state index in [4.69, 9.17) is 0 Å². The molecule has 120 valence electrons. The van der Waals surface area contributed by atoms with Crippen molar-refractivity contribution in [2.24, 2.45) is 0 Å². The molecule has 2 rings (SSSR count). The second kappa shape index (κ2) is 5.70. The average Bonchev–Trinajstić information content (AvgIpc) is 2.90. The fourth-order valence-electron chi connectivity index (χ4n) is 2.79. The number of hydrogen-bond donors (Lipinski definition) is 2. The zero-order chi connectivity index (χ0) is 15.8. The minimum Gasteiger partial charge on any atom is -0.310 e. The van der Waals surface area contributed by atoms with Gasteiger partial charge in [-0.1, -0.05) is 13.8 Å². The first-order valence-corrected chi connectivity index (χ1v) is 8.90. The smallest absolute Gasteiger partial charge is 0.263 e. The second-order valence-corrected chi connectivity index (χ2v) is 8.44. The van der Waals surface area contributed by atoms with E-state index in [1.54, 1.807) is 4.31 Å². The molecule has 6 nitrogen and oxygen atoms in total. The van der Waals surface area contributed by atoms with Crippen LogP contribution in [-0.2, 0) is 16.6 Å². The van der Waals surface area contributed by atoms with E-state index < -0.39 is 10.0 Å². The molecule has 2 heterocycles. The monoisotopic (exact) mass is 314 g/mol. The minimum atomic E-state index is -3.55. The van der Waals surface area contributed by atoms with E-state index in [9.17, 15) is 8.42 Å². The number of H-pyrrole nitrogens is 1. The van der Waals surface area contributed by atoms with Crippen molar-refractivity contribution in [2.45, 2.75) is 70.6 Å². The van der Waals surface area contributed by atoms with Gasteiger partial charge in [0.25, 0.3) is 10.0 Å².